The van der Waals surface area contributed by atoms with Crippen LogP contribution in [0.25, 0.3) is 10.8 Å². The molecule has 1 unspecified atom stereocenters. The van der Waals surface area contributed by atoms with Gasteiger partial charge in [0.15, 0.2) is 5.54 Å². The minimum atomic E-state index is -1.57. The number of urea groups is 1. The molecule has 36 heavy (non-hydrogen) atoms. The van der Waals surface area contributed by atoms with Crippen molar-refractivity contribution in [1.29, 1.82) is 5.41 Å². The summed E-state index contributed by atoms with van der Waals surface area (Å²) in [5.74, 6) is -1.68. The SMILES string of the molecule is N=C(N)c1ccc2ccc(CN3C(=O)NC(c4ccccc4)(c4cccc(C(=O)O)c4)C3=O)cc2c1. The van der Waals surface area contributed by atoms with Gasteiger partial charge in [0.2, 0.25) is 0 Å². The van der Waals surface area contributed by atoms with Gasteiger partial charge in [0, 0.05) is 5.56 Å². The first-order chi connectivity index (χ1) is 17.3. The molecule has 0 saturated carbocycles. The summed E-state index contributed by atoms with van der Waals surface area (Å²) in [7, 11) is 0. The number of amides is 3. The van der Waals surface area contributed by atoms with Crippen molar-refractivity contribution in [2.75, 3.05) is 0 Å². The number of nitrogen functional groups attached to an aromatic ring is 1. The van der Waals surface area contributed by atoms with Crippen molar-refractivity contribution in [3.8, 4) is 0 Å². The summed E-state index contributed by atoms with van der Waals surface area (Å²) in [6.07, 6.45) is 0. The minimum absolute atomic E-state index is 0.0120. The molecule has 0 spiro atoms. The summed E-state index contributed by atoms with van der Waals surface area (Å²) in [6.45, 7) is 0.0120. The lowest BCUT2D eigenvalue weighted by Crippen LogP contribution is -2.45. The molecule has 1 heterocycles. The maximum Gasteiger partial charge on any atom is 0.335 e. The smallest absolute Gasteiger partial charge is 0.335 e. The molecule has 0 aromatic heterocycles. The number of hydrogen-bond donors (Lipinski definition) is 4. The maximum atomic E-state index is 14.0. The molecule has 1 aliphatic rings. The van der Waals surface area contributed by atoms with E-state index in [1.165, 1.54) is 12.1 Å². The van der Waals surface area contributed by atoms with Crippen molar-refractivity contribution >= 4 is 34.5 Å². The Balaban J connectivity index is 1.57. The van der Waals surface area contributed by atoms with Gasteiger partial charge in [0.1, 0.15) is 5.84 Å². The molecular weight excluding hydrogens is 456 g/mol. The van der Waals surface area contributed by atoms with Crippen molar-refractivity contribution in [1.82, 2.24) is 10.2 Å². The van der Waals surface area contributed by atoms with Gasteiger partial charge >= 0.3 is 12.0 Å². The number of rotatable bonds is 6. The van der Waals surface area contributed by atoms with Gasteiger partial charge in [-0.3, -0.25) is 15.1 Å². The number of carboxylic acid groups (broad SMARTS) is 1. The molecule has 0 bridgehead atoms. The van der Waals surface area contributed by atoms with Crippen LogP contribution in [0.4, 0.5) is 4.79 Å². The van der Waals surface area contributed by atoms with Gasteiger partial charge in [-0.15, -0.1) is 0 Å². The highest BCUT2D eigenvalue weighted by Gasteiger charge is 2.53. The number of nitrogens with one attached hydrogen (secondary N) is 2. The molecule has 8 heteroatoms. The van der Waals surface area contributed by atoms with Crippen LogP contribution in [0.15, 0.2) is 91.0 Å². The second-order valence-corrected chi connectivity index (χ2v) is 8.63. The van der Waals surface area contributed by atoms with Crippen LogP contribution in [0.5, 0.6) is 0 Å². The average molecular weight is 479 g/mol. The number of benzene rings is 4. The number of carbonyl (C=O) groups is 3. The maximum absolute atomic E-state index is 14.0. The molecule has 178 valence electrons. The van der Waals surface area contributed by atoms with Gasteiger partial charge in [-0.1, -0.05) is 66.7 Å². The van der Waals surface area contributed by atoms with Crippen LogP contribution in [0.2, 0.25) is 0 Å². The first kappa shape index (κ1) is 22.8. The predicted octanol–water partition coefficient (Wildman–Crippen LogP) is 3.82. The van der Waals surface area contributed by atoms with E-state index in [1.807, 2.05) is 24.3 Å². The number of nitrogens with zero attached hydrogens (tertiary/aromatic N) is 1. The molecule has 1 aliphatic heterocycles. The quantitative estimate of drug-likeness (QED) is 0.190. The van der Waals surface area contributed by atoms with E-state index in [4.69, 9.17) is 11.1 Å². The van der Waals surface area contributed by atoms with Crippen LogP contribution in [0.1, 0.15) is 32.6 Å². The summed E-state index contributed by atoms with van der Waals surface area (Å²) >= 11 is 0. The van der Waals surface area contributed by atoms with Crippen molar-refractivity contribution in [3.63, 3.8) is 0 Å². The topological polar surface area (TPSA) is 137 Å². The van der Waals surface area contributed by atoms with Crippen LogP contribution in [0.3, 0.4) is 0 Å². The Bertz CT molecular complexity index is 1550. The number of carbonyl (C=O) groups excluding carboxylic acids is 2. The van der Waals surface area contributed by atoms with Crippen molar-refractivity contribution < 1.29 is 19.5 Å². The molecule has 0 radical (unpaired) electrons. The second-order valence-electron chi connectivity index (χ2n) is 8.63. The Labute approximate surface area is 206 Å². The predicted molar refractivity (Wildman–Crippen MR) is 135 cm³/mol. The van der Waals surface area contributed by atoms with E-state index < -0.39 is 23.4 Å². The number of aromatic carboxylic acids is 1. The van der Waals surface area contributed by atoms with E-state index in [2.05, 4.69) is 5.32 Å². The fourth-order valence-electron chi connectivity index (χ4n) is 4.60. The largest absolute Gasteiger partial charge is 0.478 e. The van der Waals surface area contributed by atoms with Crippen molar-refractivity contribution in [2.24, 2.45) is 5.73 Å². The molecule has 1 atom stereocenters. The Morgan fingerprint density at radius 1 is 0.861 bits per heavy atom. The summed E-state index contributed by atoms with van der Waals surface area (Å²) in [4.78, 5) is 40.0. The van der Waals surface area contributed by atoms with Gasteiger partial charge in [0.25, 0.3) is 5.91 Å². The highest BCUT2D eigenvalue weighted by Crippen LogP contribution is 2.37. The third-order valence-electron chi connectivity index (χ3n) is 6.41. The third kappa shape index (κ3) is 3.74. The van der Waals surface area contributed by atoms with Gasteiger partial charge < -0.3 is 16.2 Å². The molecular formula is C28H22N4O4. The number of carboxylic acids is 1. The molecule has 4 aromatic rings. The van der Waals surface area contributed by atoms with E-state index in [9.17, 15) is 19.5 Å². The van der Waals surface area contributed by atoms with Gasteiger partial charge in [-0.05, 0) is 51.7 Å². The summed E-state index contributed by atoms with van der Waals surface area (Å²) in [5.41, 5.74) is 6.25. The Hall–Kier alpha value is -4.98. The average Bonchev–Trinajstić information content (AvgIpc) is 3.14. The first-order valence-corrected chi connectivity index (χ1v) is 11.2. The zero-order valence-corrected chi connectivity index (χ0v) is 19.1. The Morgan fingerprint density at radius 3 is 2.31 bits per heavy atom. The van der Waals surface area contributed by atoms with Crippen LogP contribution in [0, 0.1) is 5.41 Å². The fourth-order valence-corrected chi connectivity index (χ4v) is 4.60. The number of nitrogens with two attached hydrogens (primary N) is 1. The lowest BCUT2D eigenvalue weighted by molar-refractivity contribution is -0.130. The van der Waals surface area contributed by atoms with E-state index in [0.29, 0.717) is 16.7 Å². The standard InChI is InChI=1S/C28H22N4O4/c29-24(30)19-12-11-18-10-9-17(13-21(18)14-19)16-32-26(35)28(31-27(32)36,22-6-2-1-3-7-22)23-8-4-5-20(15-23)25(33)34/h1-15H,16H2,(H3,29,30)(H,31,36)(H,33,34). The van der Waals surface area contributed by atoms with Crippen LogP contribution in [-0.2, 0) is 16.9 Å². The van der Waals surface area contributed by atoms with Crippen molar-refractivity contribution in [2.45, 2.75) is 12.1 Å². The lowest BCUT2D eigenvalue weighted by Gasteiger charge is -2.28. The normalized spacial score (nSPS) is 17.3. The van der Waals surface area contributed by atoms with Crippen LogP contribution < -0.4 is 11.1 Å². The summed E-state index contributed by atoms with van der Waals surface area (Å²) in [6, 6.07) is 25.2. The summed E-state index contributed by atoms with van der Waals surface area (Å²) in [5, 5.41) is 21.8. The molecule has 1 fully saturated rings. The monoisotopic (exact) mass is 478 g/mol. The third-order valence-corrected chi connectivity index (χ3v) is 6.41. The molecule has 5 rings (SSSR count). The molecule has 4 aromatic carbocycles. The molecule has 5 N–H and O–H groups in total. The van der Waals surface area contributed by atoms with Gasteiger partial charge in [0.05, 0.1) is 12.1 Å². The Morgan fingerprint density at radius 2 is 1.58 bits per heavy atom. The Kier molecular flexibility index (Phi) is 5.49. The van der Waals surface area contributed by atoms with E-state index in [-0.39, 0.29) is 17.9 Å². The molecule has 0 aliphatic carbocycles. The van der Waals surface area contributed by atoms with Crippen molar-refractivity contribution in [3.05, 3.63) is 119 Å². The van der Waals surface area contributed by atoms with Crippen LogP contribution in [-0.4, -0.2) is 33.7 Å². The molecule has 1 saturated heterocycles. The van der Waals surface area contributed by atoms with E-state index in [0.717, 1.165) is 21.2 Å². The fraction of sp³-hybridized carbons (Fsp3) is 0.0714. The van der Waals surface area contributed by atoms with E-state index >= 15 is 0 Å². The number of hydrogen-bond acceptors (Lipinski definition) is 4. The zero-order chi connectivity index (χ0) is 25.4. The number of imide groups is 1. The highest BCUT2D eigenvalue weighted by atomic mass is 16.4. The van der Waals surface area contributed by atoms with Crippen LogP contribution >= 0.6 is 0 Å². The number of fused-ring (bicyclic) bond motifs is 1. The summed E-state index contributed by atoms with van der Waals surface area (Å²) < 4.78 is 0. The zero-order valence-electron chi connectivity index (χ0n) is 19.1. The highest BCUT2D eigenvalue weighted by molar-refractivity contribution is 6.10. The first-order valence-electron chi connectivity index (χ1n) is 11.2. The molecule has 3 amide bonds. The lowest BCUT2D eigenvalue weighted by atomic mass is 9.82. The minimum Gasteiger partial charge on any atom is -0.478 e. The number of amidine groups is 1. The second kappa shape index (κ2) is 8.66. The molecule has 8 nitrogen and oxygen atoms in total. The van der Waals surface area contributed by atoms with E-state index in [1.54, 1.807) is 54.6 Å². The van der Waals surface area contributed by atoms with Gasteiger partial charge in [-0.25, -0.2) is 9.59 Å². The van der Waals surface area contributed by atoms with Gasteiger partial charge in [-0.2, -0.15) is 0 Å².